The topological polar surface area (TPSA) is 0 Å². The van der Waals surface area contributed by atoms with Crippen LogP contribution in [0.25, 0.3) is 5.57 Å². The molecule has 128 valence electrons. The van der Waals surface area contributed by atoms with Gasteiger partial charge in [-0.1, -0.05) is 29.3 Å². The van der Waals surface area contributed by atoms with Crippen molar-refractivity contribution >= 4 is 51.4 Å². The zero-order valence-electron chi connectivity index (χ0n) is 14.0. The van der Waals surface area contributed by atoms with Gasteiger partial charge in [-0.3, -0.25) is 0 Å². The standard InChI is InChI=1S/C19H22Cl2NS2/c1-22(2)13-3-4-14(22)10-12(9-13)11-15(16-5-7-18(20)23-16)17-6-8-19(21)24-17/h5-8,11-14H,3-4,9-10H2,1-2H3/q+1/t12?,13-,14+. The third-order valence-electron chi connectivity index (χ3n) is 5.94. The van der Waals surface area contributed by atoms with Crippen molar-refractivity contribution in [3.05, 3.63) is 48.8 Å². The molecule has 0 radical (unpaired) electrons. The second kappa shape index (κ2) is 6.44. The number of thiophene rings is 2. The summed E-state index contributed by atoms with van der Waals surface area (Å²) in [7, 11) is 4.84. The average Bonchev–Trinajstić information content (AvgIpc) is 3.15. The van der Waals surface area contributed by atoms with Crippen molar-refractivity contribution in [3.8, 4) is 0 Å². The first-order chi connectivity index (χ1) is 11.4. The normalized spacial score (nSPS) is 28.1. The van der Waals surface area contributed by atoms with Gasteiger partial charge in [0.2, 0.25) is 0 Å². The Bertz CT molecular complexity index is 716. The molecule has 1 unspecified atom stereocenters. The first-order valence-electron chi connectivity index (χ1n) is 8.50. The Balaban J connectivity index is 1.68. The van der Waals surface area contributed by atoms with E-state index < -0.39 is 0 Å². The van der Waals surface area contributed by atoms with Crippen LogP contribution < -0.4 is 0 Å². The quantitative estimate of drug-likeness (QED) is 0.513. The van der Waals surface area contributed by atoms with Crippen molar-refractivity contribution in [2.45, 2.75) is 37.8 Å². The lowest BCUT2D eigenvalue weighted by Gasteiger charge is -2.43. The molecule has 2 bridgehead atoms. The molecule has 3 atom stereocenters. The minimum absolute atomic E-state index is 0.658. The van der Waals surface area contributed by atoms with Crippen molar-refractivity contribution in [2.75, 3.05) is 14.1 Å². The van der Waals surface area contributed by atoms with Gasteiger partial charge in [0.1, 0.15) is 0 Å². The van der Waals surface area contributed by atoms with E-state index in [0.717, 1.165) is 20.8 Å². The molecule has 2 aliphatic heterocycles. The fraction of sp³-hybridized carbons (Fsp3) is 0.474. The summed E-state index contributed by atoms with van der Waals surface area (Å²) in [6.07, 6.45) is 7.87. The van der Waals surface area contributed by atoms with Crippen LogP contribution in [0.15, 0.2) is 30.3 Å². The van der Waals surface area contributed by atoms with E-state index in [0.29, 0.717) is 5.92 Å². The van der Waals surface area contributed by atoms with Gasteiger partial charge in [0.05, 0.1) is 34.9 Å². The maximum Gasteiger partial charge on any atom is 0.0934 e. The van der Waals surface area contributed by atoms with Crippen LogP contribution in [0.4, 0.5) is 0 Å². The maximum absolute atomic E-state index is 6.20. The van der Waals surface area contributed by atoms with Crippen molar-refractivity contribution in [3.63, 3.8) is 0 Å². The minimum Gasteiger partial charge on any atom is -0.324 e. The summed E-state index contributed by atoms with van der Waals surface area (Å²) < 4.78 is 2.91. The van der Waals surface area contributed by atoms with Gasteiger partial charge in [-0.2, -0.15) is 0 Å². The predicted molar refractivity (Wildman–Crippen MR) is 107 cm³/mol. The minimum atomic E-state index is 0.658. The van der Waals surface area contributed by atoms with E-state index in [2.05, 4.69) is 32.3 Å². The first-order valence-corrected chi connectivity index (χ1v) is 10.9. The van der Waals surface area contributed by atoms with Crippen molar-refractivity contribution in [1.29, 1.82) is 0 Å². The number of halogens is 2. The molecule has 24 heavy (non-hydrogen) atoms. The zero-order chi connectivity index (χ0) is 16.9. The Labute approximate surface area is 162 Å². The van der Waals surface area contributed by atoms with Crippen LogP contribution in [0.5, 0.6) is 0 Å². The molecule has 0 amide bonds. The fourth-order valence-electron chi connectivity index (χ4n) is 4.50. The van der Waals surface area contributed by atoms with Gasteiger partial charge in [0, 0.05) is 41.0 Å². The average molecular weight is 399 g/mol. The predicted octanol–water partition coefficient (Wildman–Crippen LogP) is 6.57. The van der Waals surface area contributed by atoms with E-state index in [9.17, 15) is 0 Å². The van der Waals surface area contributed by atoms with Gasteiger partial charge in [-0.25, -0.2) is 0 Å². The van der Waals surface area contributed by atoms with Gasteiger partial charge < -0.3 is 4.48 Å². The van der Waals surface area contributed by atoms with Crippen LogP contribution in [0.2, 0.25) is 8.67 Å². The summed E-state index contributed by atoms with van der Waals surface area (Å²) in [5.74, 6) is 0.658. The number of allylic oxidation sites excluding steroid dienone is 1. The summed E-state index contributed by atoms with van der Waals surface area (Å²) in [5.41, 5.74) is 1.32. The van der Waals surface area contributed by atoms with E-state index in [4.69, 9.17) is 23.2 Å². The molecule has 0 spiro atoms. The number of piperidine rings is 1. The van der Waals surface area contributed by atoms with E-state index in [1.807, 2.05) is 12.1 Å². The highest BCUT2D eigenvalue weighted by Crippen LogP contribution is 2.45. The Kier molecular flexibility index (Phi) is 4.59. The second-order valence-electron chi connectivity index (χ2n) is 7.53. The maximum atomic E-state index is 6.20. The highest BCUT2D eigenvalue weighted by atomic mass is 35.5. The molecule has 4 heterocycles. The van der Waals surface area contributed by atoms with Crippen LogP contribution in [0, 0.1) is 5.92 Å². The van der Waals surface area contributed by atoms with E-state index >= 15 is 0 Å². The molecular formula is C19H22Cl2NS2+. The Morgan fingerprint density at radius 2 is 1.46 bits per heavy atom. The lowest BCUT2D eigenvalue weighted by Crippen LogP contribution is -2.54. The van der Waals surface area contributed by atoms with Gasteiger partial charge in [0.15, 0.2) is 0 Å². The highest BCUT2D eigenvalue weighted by molar-refractivity contribution is 7.19. The number of hydrogen-bond acceptors (Lipinski definition) is 2. The van der Waals surface area contributed by atoms with Gasteiger partial charge >= 0.3 is 0 Å². The molecule has 5 heteroatoms. The van der Waals surface area contributed by atoms with Crippen LogP contribution in [0.3, 0.4) is 0 Å². The third kappa shape index (κ3) is 3.10. The smallest absolute Gasteiger partial charge is 0.0934 e. The van der Waals surface area contributed by atoms with Crippen molar-refractivity contribution in [1.82, 2.24) is 0 Å². The molecule has 2 saturated heterocycles. The molecule has 2 aromatic rings. The summed E-state index contributed by atoms with van der Waals surface area (Å²) in [6.45, 7) is 0. The summed E-state index contributed by atoms with van der Waals surface area (Å²) in [4.78, 5) is 2.51. The lowest BCUT2D eigenvalue weighted by atomic mass is 9.87. The number of rotatable bonds is 3. The Morgan fingerprint density at radius 3 is 1.88 bits per heavy atom. The third-order valence-corrected chi connectivity index (χ3v) is 8.47. The summed E-state index contributed by atoms with van der Waals surface area (Å²) >= 11 is 15.7. The molecule has 2 fully saturated rings. The fourth-order valence-corrected chi connectivity index (χ4v) is 6.73. The van der Waals surface area contributed by atoms with Crippen LogP contribution in [0.1, 0.15) is 35.4 Å². The van der Waals surface area contributed by atoms with E-state index in [-0.39, 0.29) is 0 Å². The number of hydrogen-bond donors (Lipinski definition) is 0. The Hall–Kier alpha value is -0.320. The molecule has 0 aromatic carbocycles. The Morgan fingerprint density at radius 1 is 0.958 bits per heavy atom. The van der Waals surface area contributed by atoms with Gasteiger partial charge in [-0.05, 0) is 30.2 Å². The lowest BCUT2D eigenvalue weighted by molar-refractivity contribution is -0.931. The summed E-state index contributed by atoms with van der Waals surface area (Å²) in [5, 5.41) is 0. The van der Waals surface area contributed by atoms with Crippen LogP contribution in [-0.4, -0.2) is 30.7 Å². The molecule has 0 N–H and O–H groups in total. The van der Waals surface area contributed by atoms with Crippen molar-refractivity contribution < 1.29 is 4.48 Å². The van der Waals surface area contributed by atoms with Crippen LogP contribution in [-0.2, 0) is 0 Å². The van der Waals surface area contributed by atoms with Gasteiger partial charge in [-0.15, -0.1) is 22.7 Å². The second-order valence-corrected chi connectivity index (χ2v) is 11.0. The van der Waals surface area contributed by atoms with Gasteiger partial charge in [0.25, 0.3) is 0 Å². The number of nitrogens with zero attached hydrogens (tertiary/aromatic N) is 1. The molecule has 4 rings (SSSR count). The molecule has 2 aliphatic rings. The largest absolute Gasteiger partial charge is 0.324 e. The first kappa shape index (κ1) is 17.1. The molecular weight excluding hydrogens is 377 g/mol. The zero-order valence-corrected chi connectivity index (χ0v) is 17.1. The SMILES string of the molecule is C[N+]1(C)[C@@H]2CC[C@H]1CC(C=C(c1ccc(Cl)s1)c1ccc(Cl)s1)C2. The molecule has 1 nitrogen and oxygen atoms in total. The monoisotopic (exact) mass is 398 g/mol. The van der Waals surface area contributed by atoms with Crippen molar-refractivity contribution in [2.24, 2.45) is 5.92 Å². The highest BCUT2D eigenvalue weighted by Gasteiger charge is 2.48. The number of fused-ring (bicyclic) bond motifs is 2. The summed E-state index contributed by atoms with van der Waals surface area (Å²) in [6, 6.07) is 9.90. The van der Waals surface area contributed by atoms with Crippen LogP contribution >= 0.6 is 45.9 Å². The molecule has 0 saturated carbocycles. The molecule has 2 aromatic heterocycles. The molecule has 0 aliphatic carbocycles. The van der Waals surface area contributed by atoms with E-state index in [1.54, 1.807) is 22.7 Å². The van der Waals surface area contributed by atoms with E-state index in [1.165, 1.54) is 45.5 Å². The number of quaternary nitrogens is 1.